The van der Waals surface area contributed by atoms with Gasteiger partial charge in [-0.05, 0) is 253 Å². The lowest BCUT2D eigenvalue weighted by Crippen LogP contribution is -2.46. The molecule has 0 spiro atoms. The summed E-state index contributed by atoms with van der Waals surface area (Å²) in [6.07, 6.45) is 5.25. The minimum absolute atomic E-state index is 0.137. The van der Waals surface area contributed by atoms with E-state index in [0.29, 0.717) is 90.6 Å². The zero-order valence-electron chi connectivity index (χ0n) is 76.4. The maximum absolute atomic E-state index is 16.5. The third kappa shape index (κ3) is 26.7. The number of nitrogens with one attached hydrogen (secondary N) is 4. The summed E-state index contributed by atoms with van der Waals surface area (Å²) in [4.78, 5) is 48.4. The normalized spacial score (nSPS) is 15.3. The number of aromatic nitrogens is 2. The second kappa shape index (κ2) is 46.5. The molecule has 6 N–H and O–H groups in total. The number of aliphatic hydroxyl groups is 2. The molecule has 0 saturated carbocycles. The first-order valence-electron chi connectivity index (χ1n) is 44.8. The summed E-state index contributed by atoms with van der Waals surface area (Å²) in [6, 6.07) is 69.9. The molecule has 135 heavy (non-hydrogen) atoms. The minimum Gasteiger partial charge on any atom is -0.393 e. The van der Waals surface area contributed by atoms with Crippen LogP contribution < -0.4 is 39.7 Å². The Hall–Kier alpha value is -11.3. The van der Waals surface area contributed by atoms with Crippen LogP contribution in [0.2, 0.25) is 10.0 Å². The van der Waals surface area contributed by atoms with Crippen molar-refractivity contribution in [3.8, 4) is 44.8 Å². The van der Waals surface area contributed by atoms with Gasteiger partial charge in [0.05, 0.1) is 38.6 Å². The summed E-state index contributed by atoms with van der Waals surface area (Å²) in [6.45, 7) is 19.5. The van der Waals surface area contributed by atoms with Gasteiger partial charge in [-0.15, -0.1) is 23.5 Å². The number of benzene rings is 10. The van der Waals surface area contributed by atoms with E-state index in [-0.39, 0.29) is 57.1 Å². The molecule has 16 rings (SSSR count). The third-order valence-corrected chi connectivity index (χ3v) is 30.8. The average molecular weight is 1950 g/mol. The van der Waals surface area contributed by atoms with Crippen LogP contribution in [0, 0.1) is 51.0 Å². The molecule has 2 atom stereocenters. The second-order valence-electron chi connectivity index (χ2n) is 34.6. The molecule has 22 nitrogen and oxygen atoms in total. The Morgan fingerprint density at radius 1 is 0.452 bits per heavy atom. The molecule has 4 aliphatic heterocycles. The molecule has 4 aliphatic rings. The van der Waals surface area contributed by atoms with Gasteiger partial charge in [-0.1, -0.05) is 83.9 Å². The number of nitrogens with zero attached hydrogens (tertiary/aromatic N) is 8. The number of thioether (sulfide) groups is 2. The standard InChI is InChI=1S/C51H57ClF2N6O3S2.C50H55ClF2N6O3S2.2CO2/c1-35-30-44(18-19-47(35)55-41(34-64-43-8-6-5-7-9-43)20-23-58-24-21-51(3,61)22-25-58)65(62,63)56-40-14-16-42(17-15-40)59-26-28-60(29-27-59)48-33-39(53)32-45(49(48)54)46-31-36(2)57(4)50(46)37-10-12-38(52)13-11-37;1-34-29-44(17-18-48(34)54-39(33-63-43-7-5-4-6-8-43)19-22-57-23-20-42(60)21-24-57)64(61,62)55-38-13-15-40(16-14-38)58-25-27-59(28-26-58)41-31-45(49(53)47(52)32-41)46-30-35(2)56(3)50(46)36-9-11-37(51)12-10-36;2*2-1-3/h5-19,30-33,41,55-56,61H,20-29,34H2,1-4H3;4-18,29-32,39,42,54-55,60H,19-28,33H2,1-3H3;;/t41-;39-;;/m11../s1. The molecule has 2 aromatic heterocycles. The maximum Gasteiger partial charge on any atom is 0.373 e. The summed E-state index contributed by atoms with van der Waals surface area (Å²) < 4.78 is 127. The maximum atomic E-state index is 16.5. The van der Waals surface area contributed by atoms with Crippen LogP contribution in [-0.2, 0) is 53.3 Å². The topological polar surface area (TPSA) is 254 Å². The van der Waals surface area contributed by atoms with Crippen LogP contribution in [0.3, 0.4) is 0 Å². The Labute approximate surface area is 806 Å². The number of halogens is 6. The fourth-order valence-corrected chi connectivity index (χ4v) is 21.9. The quantitative estimate of drug-likeness (QED) is 0.0181. The highest BCUT2D eigenvalue weighted by atomic mass is 35.5. The highest BCUT2D eigenvalue weighted by Crippen LogP contribution is 2.43. The molecule has 4 saturated heterocycles. The van der Waals surface area contributed by atoms with Gasteiger partial charge in [0.1, 0.15) is 5.82 Å². The van der Waals surface area contributed by atoms with Crippen LogP contribution in [0.5, 0.6) is 0 Å². The number of anilines is 8. The van der Waals surface area contributed by atoms with E-state index >= 15 is 17.6 Å². The van der Waals surface area contributed by atoms with Crippen molar-refractivity contribution in [2.24, 2.45) is 14.1 Å². The predicted molar refractivity (Wildman–Crippen MR) is 534 cm³/mol. The molecule has 710 valence electrons. The molecule has 10 aromatic carbocycles. The van der Waals surface area contributed by atoms with E-state index in [1.54, 1.807) is 102 Å². The van der Waals surface area contributed by atoms with Crippen molar-refractivity contribution in [2.45, 2.75) is 117 Å². The summed E-state index contributed by atoms with van der Waals surface area (Å²) in [5, 5.41) is 29.0. The van der Waals surface area contributed by atoms with Gasteiger partial charge in [-0.3, -0.25) is 9.44 Å². The number of aryl methyl sites for hydroxylation is 4. The van der Waals surface area contributed by atoms with E-state index < -0.39 is 48.9 Å². The lowest BCUT2D eigenvalue weighted by atomic mass is 9.94. The molecule has 0 radical (unpaired) electrons. The number of piperazine rings is 2. The van der Waals surface area contributed by atoms with Crippen LogP contribution in [0.25, 0.3) is 44.8 Å². The lowest BCUT2D eigenvalue weighted by molar-refractivity contribution is -0.193. The van der Waals surface area contributed by atoms with Crippen LogP contribution in [0.1, 0.15) is 68.0 Å². The average Bonchev–Trinajstić information content (AvgIpc) is 1.64. The lowest BCUT2D eigenvalue weighted by Gasteiger charge is -2.37. The van der Waals surface area contributed by atoms with E-state index in [0.717, 1.165) is 157 Å². The summed E-state index contributed by atoms with van der Waals surface area (Å²) in [5.74, 6) is -1.07. The van der Waals surface area contributed by atoms with Crippen molar-refractivity contribution < 1.29 is 63.8 Å². The van der Waals surface area contributed by atoms with Crippen LogP contribution in [-0.4, -0.2) is 185 Å². The minimum atomic E-state index is -3.89. The second-order valence-corrected chi connectivity index (χ2v) is 41.0. The van der Waals surface area contributed by atoms with E-state index in [9.17, 15) is 27.0 Å². The van der Waals surface area contributed by atoms with Crippen molar-refractivity contribution in [3.63, 3.8) is 0 Å². The Morgan fingerprint density at radius 2 is 0.837 bits per heavy atom. The summed E-state index contributed by atoms with van der Waals surface area (Å²) in [5.41, 5.74) is 13.1. The number of aliphatic hydroxyl groups excluding tert-OH is 1. The van der Waals surface area contributed by atoms with Crippen LogP contribution >= 0.6 is 46.7 Å². The SMILES string of the molecule is Cc1cc(S(=O)(=O)Nc2ccc(N3CCN(c4cc(F)c(F)c(-c5cc(C)n(C)c5-c5ccc(Cl)cc5)c4)CC3)cc2)ccc1N[C@H](CCN1CCC(O)CC1)CSc1ccccc1.Cc1cc(S(=O)(=O)Nc2ccc(N3CCN(c4cc(F)cc(-c5cc(C)n(C)c5-c5ccc(Cl)cc5)c4F)CC3)cc2)ccc1N[C@H](CCN1CCC(C)(O)CC1)CSc1ccccc1.O=C=O.O=C=O. The van der Waals surface area contributed by atoms with Crippen molar-refractivity contribution in [1.82, 2.24) is 18.9 Å². The third-order valence-electron chi connectivity index (χ3n) is 25.2. The van der Waals surface area contributed by atoms with E-state index in [1.165, 1.54) is 28.0 Å². The zero-order chi connectivity index (χ0) is 96.3. The predicted octanol–water partition coefficient (Wildman–Crippen LogP) is 20.1. The van der Waals surface area contributed by atoms with Crippen LogP contribution in [0.15, 0.2) is 250 Å². The molecular formula is C103H112Cl2F4N12O10S4. The number of sulfonamides is 2. The van der Waals surface area contributed by atoms with Gasteiger partial charge >= 0.3 is 12.3 Å². The molecular weight excluding hydrogens is 1840 g/mol. The monoisotopic (exact) mass is 1950 g/mol. The summed E-state index contributed by atoms with van der Waals surface area (Å²) in [7, 11) is -3.95. The first-order chi connectivity index (χ1) is 64.8. The van der Waals surface area contributed by atoms with Crippen molar-refractivity contribution in [1.29, 1.82) is 0 Å². The van der Waals surface area contributed by atoms with Gasteiger partial charge in [0.2, 0.25) is 0 Å². The fourth-order valence-electron chi connectivity index (χ4n) is 17.3. The molecule has 0 bridgehead atoms. The van der Waals surface area contributed by atoms with Gasteiger partial charge in [0.15, 0.2) is 17.5 Å². The number of likely N-dealkylation sites (tertiary alicyclic amines) is 2. The first kappa shape index (κ1) is 101. The van der Waals surface area contributed by atoms with Crippen molar-refractivity contribution in [2.75, 3.05) is 143 Å². The molecule has 0 aliphatic carbocycles. The fraction of sp³-hybridized carbons (Fsp3) is 0.320. The number of hydrogen-bond acceptors (Lipinski definition) is 20. The molecule has 0 unspecified atom stereocenters. The number of carbonyl (C=O) groups excluding carboxylic acids is 4. The van der Waals surface area contributed by atoms with Crippen LogP contribution in [0.4, 0.5) is 63.1 Å². The largest absolute Gasteiger partial charge is 0.393 e. The number of rotatable bonds is 30. The number of hydrogen-bond donors (Lipinski definition) is 6. The van der Waals surface area contributed by atoms with Crippen molar-refractivity contribution >= 4 is 125 Å². The smallest absolute Gasteiger partial charge is 0.373 e. The summed E-state index contributed by atoms with van der Waals surface area (Å²) >= 11 is 15.9. The van der Waals surface area contributed by atoms with Gasteiger partial charge in [0.25, 0.3) is 20.0 Å². The van der Waals surface area contributed by atoms with Crippen molar-refractivity contribution in [3.05, 3.63) is 286 Å². The Kier molecular flexibility index (Phi) is 34.8. The first-order valence-corrected chi connectivity index (χ1v) is 50.5. The molecule has 4 fully saturated rings. The molecule has 12 aromatic rings. The zero-order valence-corrected chi connectivity index (χ0v) is 81.1. The van der Waals surface area contributed by atoms with Gasteiger partial charge in [-0.25, -0.2) is 34.4 Å². The van der Waals surface area contributed by atoms with Gasteiger partial charge in [-0.2, -0.15) is 19.2 Å². The molecule has 6 heterocycles. The Balaban J connectivity index is 0.000000216. The van der Waals surface area contributed by atoms with E-state index in [1.807, 2.05) is 172 Å². The van der Waals surface area contributed by atoms with Gasteiger partial charge < -0.3 is 59.4 Å². The highest BCUT2D eigenvalue weighted by Gasteiger charge is 2.32. The molecule has 32 heteroatoms. The highest BCUT2D eigenvalue weighted by molar-refractivity contribution is 7.99. The Bertz CT molecular complexity index is 6320. The van der Waals surface area contributed by atoms with E-state index in [4.69, 9.17) is 42.4 Å². The van der Waals surface area contributed by atoms with E-state index in [2.05, 4.69) is 68.8 Å². The Morgan fingerprint density at radius 3 is 1.24 bits per heavy atom. The number of piperidine rings is 2. The molecule has 0 amide bonds. The van der Waals surface area contributed by atoms with Gasteiger partial charge in [0, 0.05) is 235 Å².